The highest BCUT2D eigenvalue weighted by atomic mass is 16.5. The van der Waals surface area contributed by atoms with Crippen molar-refractivity contribution in [1.82, 2.24) is 0 Å². The predicted molar refractivity (Wildman–Crippen MR) is 35.6 cm³/mol. The van der Waals surface area contributed by atoms with Gasteiger partial charge in [0.15, 0.2) is 0 Å². The van der Waals surface area contributed by atoms with E-state index in [-0.39, 0.29) is 0 Å². The Bertz CT molecular complexity index is 92.6. The van der Waals surface area contributed by atoms with Crippen LogP contribution in [0.4, 0.5) is 0 Å². The molecule has 0 amide bonds. The topological polar surface area (TPSA) is 9.23 Å². The molecule has 0 aliphatic heterocycles. The van der Waals surface area contributed by atoms with Crippen LogP contribution in [0.25, 0.3) is 0 Å². The van der Waals surface area contributed by atoms with Gasteiger partial charge in [-0.05, 0) is 12.0 Å². The normalized spacial score (nSPS) is 11.0. The van der Waals surface area contributed by atoms with Gasteiger partial charge in [-0.15, -0.1) is 0 Å². The summed E-state index contributed by atoms with van der Waals surface area (Å²) in [5, 5.41) is 0. The Morgan fingerprint density at radius 2 is 2.38 bits per heavy atom. The molecule has 0 radical (unpaired) electrons. The lowest BCUT2D eigenvalue weighted by Gasteiger charge is -1.92. The van der Waals surface area contributed by atoms with E-state index in [1.165, 1.54) is 0 Å². The first-order valence-corrected chi connectivity index (χ1v) is 2.69. The molecule has 0 aromatic heterocycles. The van der Waals surface area contributed by atoms with E-state index in [0.29, 0.717) is 0 Å². The maximum atomic E-state index is 4.75. The molecule has 0 aliphatic rings. The third-order valence-corrected chi connectivity index (χ3v) is 0.940. The summed E-state index contributed by atoms with van der Waals surface area (Å²) in [6, 6.07) is 0. The number of allylic oxidation sites excluding steroid dienone is 2. The summed E-state index contributed by atoms with van der Waals surface area (Å²) in [6.45, 7) is 5.66. The fourth-order valence-corrected chi connectivity index (χ4v) is 0.427. The standard InChI is InChI=1S/C7H12O/c1-4-7(5-2)6-8-3/h4,6H,1,5H2,2-3H3/b7-6+. The molecule has 0 saturated carbocycles. The van der Waals surface area contributed by atoms with Gasteiger partial charge >= 0.3 is 0 Å². The van der Waals surface area contributed by atoms with Gasteiger partial charge in [0.05, 0.1) is 13.4 Å². The second-order valence-electron chi connectivity index (χ2n) is 1.49. The molecule has 0 saturated heterocycles. The molecular formula is C7H12O. The predicted octanol–water partition coefficient (Wildman–Crippen LogP) is 2.11. The fourth-order valence-electron chi connectivity index (χ4n) is 0.427. The molecule has 8 heavy (non-hydrogen) atoms. The molecule has 0 rings (SSSR count). The van der Waals surface area contributed by atoms with Crippen molar-refractivity contribution in [1.29, 1.82) is 0 Å². The van der Waals surface area contributed by atoms with Crippen LogP contribution >= 0.6 is 0 Å². The van der Waals surface area contributed by atoms with Gasteiger partial charge in [0.25, 0.3) is 0 Å². The van der Waals surface area contributed by atoms with Crippen LogP contribution in [0.2, 0.25) is 0 Å². The summed E-state index contributed by atoms with van der Waals surface area (Å²) < 4.78 is 4.75. The lowest BCUT2D eigenvalue weighted by molar-refractivity contribution is 0.334. The molecule has 0 aliphatic carbocycles. The first-order valence-electron chi connectivity index (χ1n) is 2.69. The Balaban J connectivity index is 3.66. The van der Waals surface area contributed by atoms with Crippen LogP contribution in [0.5, 0.6) is 0 Å². The number of hydrogen-bond acceptors (Lipinski definition) is 1. The van der Waals surface area contributed by atoms with Crippen molar-refractivity contribution in [3.63, 3.8) is 0 Å². The van der Waals surface area contributed by atoms with E-state index < -0.39 is 0 Å². The molecule has 0 aromatic rings. The van der Waals surface area contributed by atoms with Crippen LogP contribution < -0.4 is 0 Å². The van der Waals surface area contributed by atoms with Crippen molar-refractivity contribution in [3.05, 3.63) is 24.5 Å². The largest absolute Gasteiger partial charge is 0.504 e. The molecule has 0 heterocycles. The van der Waals surface area contributed by atoms with Crippen molar-refractivity contribution in [2.75, 3.05) is 7.11 Å². The maximum absolute atomic E-state index is 4.75. The van der Waals surface area contributed by atoms with Crippen LogP contribution in [0.3, 0.4) is 0 Å². The summed E-state index contributed by atoms with van der Waals surface area (Å²) in [6.07, 6.45) is 4.48. The minimum Gasteiger partial charge on any atom is -0.504 e. The van der Waals surface area contributed by atoms with E-state index >= 15 is 0 Å². The number of hydrogen-bond donors (Lipinski definition) is 0. The van der Waals surface area contributed by atoms with Gasteiger partial charge in [-0.3, -0.25) is 0 Å². The summed E-state index contributed by atoms with van der Waals surface area (Å²) in [5.41, 5.74) is 1.13. The molecule has 1 heteroatoms. The lowest BCUT2D eigenvalue weighted by Crippen LogP contribution is -1.74. The van der Waals surface area contributed by atoms with Crippen LogP contribution in [0, 0.1) is 0 Å². The van der Waals surface area contributed by atoms with E-state index in [0.717, 1.165) is 12.0 Å². The van der Waals surface area contributed by atoms with Crippen LogP contribution in [0.1, 0.15) is 13.3 Å². The molecule has 0 bridgehead atoms. The molecule has 0 aromatic carbocycles. The molecule has 0 atom stereocenters. The van der Waals surface area contributed by atoms with Crippen molar-refractivity contribution < 1.29 is 4.74 Å². The molecule has 0 N–H and O–H groups in total. The zero-order valence-corrected chi connectivity index (χ0v) is 5.48. The van der Waals surface area contributed by atoms with Crippen LogP contribution in [0.15, 0.2) is 24.5 Å². The van der Waals surface area contributed by atoms with Crippen molar-refractivity contribution in [3.8, 4) is 0 Å². The quantitative estimate of drug-likeness (QED) is 0.401. The maximum Gasteiger partial charge on any atom is 0.0856 e. The summed E-state index contributed by atoms with van der Waals surface area (Å²) in [7, 11) is 1.64. The minimum atomic E-state index is 0.983. The highest BCUT2D eigenvalue weighted by molar-refractivity contribution is 5.12. The van der Waals surface area contributed by atoms with Crippen LogP contribution in [-0.2, 0) is 4.74 Å². The Morgan fingerprint density at radius 3 is 2.50 bits per heavy atom. The molecule has 0 fully saturated rings. The number of rotatable bonds is 3. The van der Waals surface area contributed by atoms with Crippen molar-refractivity contribution in [2.24, 2.45) is 0 Å². The average Bonchev–Trinajstić information content (AvgIpc) is 1.83. The van der Waals surface area contributed by atoms with Crippen molar-refractivity contribution >= 4 is 0 Å². The number of ether oxygens (including phenoxy) is 1. The second-order valence-corrected chi connectivity index (χ2v) is 1.49. The van der Waals surface area contributed by atoms with Gasteiger partial charge in [-0.1, -0.05) is 19.6 Å². The Labute approximate surface area is 50.7 Å². The molecule has 0 unspecified atom stereocenters. The number of methoxy groups -OCH3 is 1. The Morgan fingerprint density at radius 1 is 1.75 bits per heavy atom. The Kier molecular flexibility index (Phi) is 4.04. The first-order chi connectivity index (χ1) is 3.85. The van der Waals surface area contributed by atoms with E-state index in [4.69, 9.17) is 4.74 Å². The van der Waals surface area contributed by atoms with Gasteiger partial charge in [-0.25, -0.2) is 0 Å². The second kappa shape index (κ2) is 4.44. The Hall–Kier alpha value is -0.720. The highest BCUT2D eigenvalue weighted by Crippen LogP contribution is 1.99. The minimum absolute atomic E-state index is 0.983. The smallest absolute Gasteiger partial charge is 0.0856 e. The molecular weight excluding hydrogens is 100 g/mol. The van der Waals surface area contributed by atoms with Crippen LogP contribution in [-0.4, -0.2) is 7.11 Å². The third-order valence-electron chi connectivity index (χ3n) is 0.940. The van der Waals surface area contributed by atoms with Gasteiger partial charge in [-0.2, -0.15) is 0 Å². The molecule has 1 nitrogen and oxygen atoms in total. The average molecular weight is 112 g/mol. The van der Waals surface area contributed by atoms with Crippen molar-refractivity contribution in [2.45, 2.75) is 13.3 Å². The third kappa shape index (κ3) is 2.45. The monoisotopic (exact) mass is 112 g/mol. The van der Waals surface area contributed by atoms with Gasteiger partial charge in [0.2, 0.25) is 0 Å². The first kappa shape index (κ1) is 7.28. The van der Waals surface area contributed by atoms with Gasteiger partial charge < -0.3 is 4.74 Å². The van der Waals surface area contributed by atoms with E-state index in [2.05, 4.69) is 13.5 Å². The SMILES string of the molecule is C=C/C(=C\OC)CC. The lowest BCUT2D eigenvalue weighted by atomic mass is 10.2. The summed E-state index contributed by atoms with van der Waals surface area (Å²) in [5.74, 6) is 0. The highest BCUT2D eigenvalue weighted by Gasteiger charge is 1.81. The zero-order chi connectivity index (χ0) is 6.41. The summed E-state index contributed by atoms with van der Waals surface area (Å²) >= 11 is 0. The molecule has 46 valence electrons. The zero-order valence-electron chi connectivity index (χ0n) is 5.48. The van der Waals surface area contributed by atoms with Gasteiger partial charge in [0, 0.05) is 0 Å². The fraction of sp³-hybridized carbons (Fsp3) is 0.429. The van der Waals surface area contributed by atoms with E-state index in [9.17, 15) is 0 Å². The van der Waals surface area contributed by atoms with Gasteiger partial charge in [0.1, 0.15) is 0 Å². The van der Waals surface area contributed by atoms with E-state index in [1.807, 2.05) is 0 Å². The van der Waals surface area contributed by atoms with E-state index in [1.54, 1.807) is 19.4 Å². The summed E-state index contributed by atoms with van der Waals surface area (Å²) in [4.78, 5) is 0. The molecule has 0 spiro atoms.